The second-order valence-corrected chi connectivity index (χ2v) is 4.10. The molecule has 0 saturated heterocycles. The molecule has 94 valence electrons. The van der Waals surface area contributed by atoms with Crippen LogP contribution in [0.5, 0.6) is 11.6 Å². The van der Waals surface area contributed by atoms with Gasteiger partial charge in [-0.05, 0) is 40.3 Å². The molecular formula is C8H4ClF3INO3. The molecule has 1 aromatic heterocycles. The van der Waals surface area contributed by atoms with Crippen molar-refractivity contribution in [3.63, 3.8) is 0 Å². The van der Waals surface area contributed by atoms with E-state index < -0.39 is 23.2 Å². The second-order valence-electron chi connectivity index (χ2n) is 2.65. The number of pyridine rings is 1. The van der Waals surface area contributed by atoms with Gasteiger partial charge in [0.15, 0.2) is 5.75 Å². The van der Waals surface area contributed by atoms with Crippen LogP contribution in [0.4, 0.5) is 13.2 Å². The van der Waals surface area contributed by atoms with Gasteiger partial charge in [-0.3, -0.25) is 4.79 Å². The van der Waals surface area contributed by atoms with E-state index in [1.54, 1.807) is 22.6 Å². The number of hydrogen-bond acceptors (Lipinski definition) is 4. The zero-order valence-corrected chi connectivity index (χ0v) is 11.1. The Bertz CT molecular complexity index is 452. The minimum atomic E-state index is -4.93. The summed E-state index contributed by atoms with van der Waals surface area (Å²) in [6.07, 6.45) is -4.93. The average molecular weight is 381 g/mol. The minimum Gasteiger partial charge on any atom is -0.491 e. The molecule has 0 aliphatic carbocycles. The van der Waals surface area contributed by atoms with Crippen LogP contribution in [-0.2, 0) is 0 Å². The van der Waals surface area contributed by atoms with Gasteiger partial charge in [0.25, 0.3) is 11.1 Å². The van der Waals surface area contributed by atoms with Gasteiger partial charge in [0.2, 0.25) is 0 Å². The summed E-state index contributed by atoms with van der Waals surface area (Å²) in [5.74, 6) is -1.31. The van der Waals surface area contributed by atoms with Crippen LogP contribution in [0.1, 0.15) is 10.4 Å². The van der Waals surface area contributed by atoms with Crippen molar-refractivity contribution in [1.82, 2.24) is 4.98 Å². The zero-order valence-electron chi connectivity index (χ0n) is 8.14. The Kier molecular flexibility index (Phi) is 4.42. The lowest BCUT2D eigenvalue weighted by atomic mass is 10.2. The highest BCUT2D eigenvalue weighted by Crippen LogP contribution is 2.34. The third kappa shape index (κ3) is 3.87. The van der Waals surface area contributed by atoms with Crippen molar-refractivity contribution in [2.45, 2.75) is 6.36 Å². The standard InChI is InChI=1S/C8H4ClF3INO3/c1-16-5-3(6(9)15)2-4(13)14-7(5)17-8(10,11)12/h2H,1H3. The van der Waals surface area contributed by atoms with Crippen LogP contribution >= 0.6 is 34.2 Å². The maximum Gasteiger partial charge on any atom is 0.574 e. The Hall–Kier alpha value is -0.770. The SMILES string of the molecule is COc1c(C(=O)Cl)cc(I)nc1OC(F)(F)F. The van der Waals surface area contributed by atoms with Gasteiger partial charge < -0.3 is 9.47 Å². The maximum atomic E-state index is 12.1. The highest BCUT2D eigenvalue weighted by molar-refractivity contribution is 14.1. The molecule has 1 heterocycles. The van der Waals surface area contributed by atoms with Gasteiger partial charge in [-0.1, -0.05) is 0 Å². The largest absolute Gasteiger partial charge is 0.574 e. The summed E-state index contributed by atoms with van der Waals surface area (Å²) in [5, 5.41) is -0.964. The summed E-state index contributed by atoms with van der Waals surface area (Å²) in [5.41, 5.74) is -0.243. The van der Waals surface area contributed by atoms with Crippen molar-refractivity contribution in [2.75, 3.05) is 7.11 Å². The van der Waals surface area contributed by atoms with Crippen LogP contribution in [0.2, 0.25) is 0 Å². The predicted molar refractivity (Wildman–Crippen MR) is 60.4 cm³/mol. The number of halogens is 5. The van der Waals surface area contributed by atoms with Gasteiger partial charge in [-0.2, -0.15) is 0 Å². The van der Waals surface area contributed by atoms with Crippen LogP contribution < -0.4 is 9.47 Å². The van der Waals surface area contributed by atoms with Crippen LogP contribution in [0, 0.1) is 3.70 Å². The quantitative estimate of drug-likeness (QED) is 0.459. The number of hydrogen-bond donors (Lipinski definition) is 0. The van der Waals surface area contributed by atoms with Crippen LogP contribution in [0.25, 0.3) is 0 Å². The third-order valence-corrected chi connectivity index (χ3v) is 2.30. The monoisotopic (exact) mass is 381 g/mol. The average Bonchev–Trinajstić information content (AvgIpc) is 2.14. The van der Waals surface area contributed by atoms with E-state index in [1.165, 1.54) is 6.07 Å². The molecule has 0 aliphatic heterocycles. The molecule has 0 aliphatic rings. The predicted octanol–water partition coefficient (Wildman–Crippen LogP) is 2.97. The van der Waals surface area contributed by atoms with Crippen molar-refractivity contribution in [3.8, 4) is 11.6 Å². The van der Waals surface area contributed by atoms with Gasteiger partial charge in [0.1, 0.15) is 3.70 Å². The van der Waals surface area contributed by atoms with Gasteiger partial charge in [0, 0.05) is 0 Å². The van der Waals surface area contributed by atoms with Crippen LogP contribution in [0.3, 0.4) is 0 Å². The zero-order chi connectivity index (χ0) is 13.2. The fourth-order valence-electron chi connectivity index (χ4n) is 1.00. The summed E-state index contributed by atoms with van der Waals surface area (Å²) in [6.45, 7) is 0. The molecule has 0 fully saturated rings. The minimum absolute atomic E-state index is 0.117. The summed E-state index contributed by atoms with van der Waals surface area (Å²) in [4.78, 5) is 14.5. The van der Waals surface area contributed by atoms with Gasteiger partial charge in [-0.25, -0.2) is 4.98 Å². The highest BCUT2D eigenvalue weighted by atomic mass is 127. The van der Waals surface area contributed by atoms with Crippen molar-refractivity contribution < 1.29 is 27.4 Å². The number of aromatic nitrogens is 1. The van der Waals surface area contributed by atoms with E-state index in [-0.39, 0.29) is 9.26 Å². The molecule has 0 radical (unpaired) electrons. The molecule has 9 heteroatoms. The molecule has 0 spiro atoms. The Balaban J connectivity index is 3.33. The molecule has 0 unspecified atom stereocenters. The summed E-state index contributed by atoms with van der Waals surface area (Å²) in [7, 11) is 1.08. The number of rotatable bonds is 3. The number of nitrogens with zero attached hydrogens (tertiary/aromatic N) is 1. The van der Waals surface area contributed by atoms with Crippen molar-refractivity contribution in [2.24, 2.45) is 0 Å². The Morgan fingerprint density at radius 2 is 2.12 bits per heavy atom. The van der Waals surface area contributed by atoms with Crippen molar-refractivity contribution in [3.05, 3.63) is 15.3 Å². The first-order valence-electron chi connectivity index (χ1n) is 3.94. The molecule has 0 aromatic carbocycles. The Labute approximate surface area is 112 Å². The highest BCUT2D eigenvalue weighted by Gasteiger charge is 2.34. The van der Waals surface area contributed by atoms with Gasteiger partial charge in [0.05, 0.1) is 12.7 Å². The number of carbonyl (C=O) groups is 1. The molecule has 1 aromatic rings. The van der Waals surface area contributed by atoms with Gasteiger partial charge >= 0.3 is 6.36 Å². The first kappa shape index (κ1) is 14.3. The lowest BCUT2D eigenvalue weighted by Crippen LogP contribution is -2.19. The fourth-order valence-corrected chi connectivity index (χ4v) is 1.67. The van der Waals surface area contributed by atoms with Crippen molar-refractivity contribution >= 4 is 39.4 Å². The van der Waals surface area contributed by atoms with E-state index in [9.17, 15) is 18.0 Å². The third-order valence-electron chi connectivity index (χ3n) is 1.54. The normalized spacial score (nSPS) is 11.2. The van der Waals surface area contributed by atoms with E-state index in [4.69, 9.17) is 11.6 Å². The number of alkyl halides is 3. The molecule has 0 N–H and O–H groups in total. The van der Waals surface area contributed by atoms with E-state index >= 15 is 0 Å². The van der Waals surface area contributed by atoms with Crippen LogP contribution in [0.15, 0.2) is 6.07 Å². The fraction of sp³-hybridized carbons (Fsp3) is 0.250. The van der Waals surface area contributed by atoms with E-state index in [1.807, 2.05) is 0 Å². The number of methoxy groups -OCH3 is 1. The lowest BCUT2D eigenvalue weighted by molar-refractivity contribution is -0.276. The molecule has 4 nitrogen and oxygen atoms in total. The van der Waals surface area contributed by atoms with Crippen molar-refractivity contribution in [1.29, 1.82) is 0 Å². The van der Waals surface area contributed by atoms with Crippen LogP contribution in [-0.4, -0.2) is 23.7 Å². The summed E-state index contributed by atoms with van der Waals surface area (Å²) < 4.78 is 44.7. The summed E-state index contributed by atoms with van der Waals surface area (Å²) >= 11 is 6.84. The number of ether oxygens (including phenoxy) is 2. The molecular weight excluding hydrogens is 377 g/mol. The van der Waals surface area contributed by atoms with Gasteiger partial charge in [-0.15, -0.1) is 13.2 Å². The molecule has 17 heavy (non-hydrogen) atoms. The number of carbonyl (C=O) groups excluding carboxylic acids is 1. The van der Waals surface area contributed by atoms with E-state index in [2.05, 4.69) is 14.5 Å². The molecule has 0 bridgehead atoms. The maximum absolute atomic E-state index is 12.1. The Morgan fingerprint density at radius 3 is 2.53 bits per heavy atom. The summed E-state index contributed by atoms with van der Waals surface area (Å²) in [6, 6.07) is 1.19. The Morgan fingerprint density at radius 1 is 1.53 bits per heavy atom. The first-order chi connectivity index (χ1) is 7.74. The lowest BCUT2D eigenvalue weighted by Gasteiger charge is -2.13. The van der Waals surface area contributed by atoms with E-state index in [0.717, 1.165) is 7.11 Å². The topological polar surface area (TPSA) is 48.4 Å². The second kappa shape index (κ2) is 5.25. The molecule has 0 amide bonds. The molecule has 1 rings (SSSR count). The smallest absolute Gasteiger partial charge is 0.491 e. The molecule has 0 saturated carbocycles. The van der Waals surface area contributed by atoms with E-state index in [0.29, 0.717) is 0 Å². The molecule has 0 atom stereocenters. The first-order valence-corrected chi connectivity index (χ1v) is 5.40.